The molecule has 2 aromatic carbocycles. The first-order valence-corrected chi connectivity index (χ1v) is 17.5. The van der Waals surface area contributed by atoms with E-state index in [4.69, 9.17) is 21.0 Å². The lowest BCUT2D eigenvalue weighted by atomic mass is 9.93. The van der Waals surface area contributed by atoms with Gasteiger partial charge in [-0.1, -0.05) is 74.8 Å². The van der Waals surface area contributed by atoms with Crippen molar-refractivity contribution in [1.29, 1.82) is 0 Å². The average Bonchev–Trinajstić information content (AvgIpc) is 2.92. The molecule has 212 valence electrons. The molecule has 9 heteroatoms. The summed E-state index contributed by atoms with van der Waals surface area (Å²) >= 11 is 6.50. The van der Waals surface area contributed by atoms with Crippen molar-refractivity contribution in [3.63, 3.8) is 0 Å². The second kappa shape index (κ2) is 11.5. The average molecular weight is 578 g/mol. The number of anilines is 3. The van der Waals surface area contributed by atoms with Gasteiger partial charge in [-0.05, 0) is 61.5 Å². The van der Waals surface area contributed by atoms with Gasteiger partial charge in [0.15, 0.2) is 8.32 Å². The summed E-state index contributed by atoms with van der Waals surface area (Å²) in [6, 6.07) is 17.5. The molecule has 40 heavy (non-hydrogen) atoms. The number of hydrogen-bond acceptors (Lipinski definition) is 5. The van der Waals surface area contributed by atoms with Gasteiger partial charge in [0.1, 0.15) is 5.82 Å². The number of aromatic nitrogens is 2. The molecular formula is C31H40ClN5O2Si. The van der Waals surface area contributed by atoms with Gasteiger partial charge in [0.2, 0.25) is 5.95 Å². The van der Waals surface area contributed by atoms with Crippen LogP contribution in [-0.2, 0) is 17.5 Å². The first-order chi connectivity index (χ1) is 19.0. The highest BCUT2D eigenvalue weighted by atomic mass is 35.5. The van der Waals surface area contributed by atoms with E-state index in [0.29, 0.717) is 41.7 Å². The van der Waals surface area contributed by atoms with Crippen LogP contribution in [0.5, 0.6) is 0 Å². The van der Waals surface area contributed by atoms with E-state index in [1.165, 1.54) is 0 Å². The second-order valence-corrected chi connectivity index (χ2v) is 17.6. The van der Waals surface area contributed by atoms with Crippen LogP contribution in [0.25, 0.3) is 0 Å². The number of rotatable bonds is 7. The minimum absolute atomic E-state index is 0.155. The summed E-state index contributed by atoms with van der Waals surface area (Å²) in [4.78, 5) is 26.9. The first-order valence-electron chi connectivity index (χ1n) is 14.2. The summed E-state index contributed by atoms with van der Waals surface area (Å²) in [6.45, 7) is 12.3. The molecule has 1 fully saturated rings. The molecule has 2 aliphatic rings. The van der Waals surface area contributed by atoms with E-state index in [2.05, 4.69) is 44.2 Å². The van der Waals surface area contributed by atoms with Crippen molar-refractivity contribution in [2.75, 3.05) is 15.1 Å². The van der Waals surface area contributed by atoms with E-state index in [-0.39, 0.29) is 17.1 Å². The molecule has 0 radical (unpaired) electrons. The van der Waals surface area contributed by atoms with Gasteiger partial charge in [0.05, 0.1) is 23.8 Å². The fraction of sp³-hybridized carbons (Fsp3) is 0.452. The highest BCUT2D eigenvalue weighted by Gasteiger charge is 2.40. The summed E-state index contributed by atoms with van der Waals surface area (Å²) in [7, 11) is -1.78. The molecule has 0 saturated heterocycles. The van der Waals surface area contributed by atoms with Crippen LogP contribution in [0.3, 0.4) is 0 Å². The number of nitrogens with zero attached hydrogens (tertiary/aromatic N) is 4. The van der Waals surface area contributed by atoms with Gasteiger partial charge in [0, 0.05) is 23.9 Å². The molecule has 1 aliphatic heterocycles. The Morgan fingerprint density at radius 2 is 1.70 bits per heavy atom. The quantitative estimate of drug-likeness (QED) is 0.288. The lowest BCUT2D eigenvalue weighted by molar-refractivity contribution is 0.133. The number of fused-ring (bicyclic) bond motifs is 1. The lowest BCUT2D eigenvalue weighted by Crippen LogP contribution is -2.47. The Labute approximate surface area is 244 Å². The molecule has 0 bridgehead atoms. The Hall–Kier alpha value is -2.94. The Kier molecular flexibility index (Phi) is 8.22. The molecule has 1 N–H and O–H groups in total. The zero-order valence-electron chi connectivity index (χ0n) is 24.2. The molecule has 1 saturated carbocycles. The van der Waals surface area contributed by atoms with E-state index < -0.39 is 8.32 Å². The third-order valence-corrected chi connectivity index (χ3v) is 13.3. The predicted molar refractivity (Wildman–Crippen MR) is 166 cm³/mol. The van der Waals surface area contributed by atoms with E-state index >= 15 is 0 Å². The van der Waals surface area contributed by atoms with E-state index in [9.17, 15) is 4.79 Å². The van der Waals surface area contributed by atoms with Crippen LogP contribution in [0.2, 0.25) is 23.2 Å². The number of hydrogen-bond donors (Lipinski definition) is 1. The summed E-state index contributed by atoms with van der Waals surface area (Å²) in [5.74, 6) is 1.20. The number of para-hydroxylation sites is 1. The Balaban J connectivity index is 1.34. The molecule has 0 spiro atoms. The third-order valence-electron chi connectivity index (χ3n) is 8.49. The molecule has 1 aromatic heterocycles. The standard InChI is InChI=1S/C31H40ClN5O2Si/c1-31(2,3)40(4,5)39-25-17-15-24(16-18-25)34-29-33-19-23-21-36(27-14-10-9-13-26(27)32)30(38)37(28(23)35-29)20-22-11-7-6-8-12-22/h6-14,19,24-25H,15-18,20-21H2,1-5H3,(H,33,34,35). The van der Waals surface area contributed by atoms with Crippen LogP contribution >= 0.6 is 11.6 Å². The molecule has 3 aromatic rings. The zero-order valence-corrected chi connectivity index (χ0v) is 25.9. The molecule has 0 unspecified atom stereocenters. The zero-order chi connectivity index (χ0) is 28.5. The molecule has 2 heterocycles. The Morgan fingerprint density at radius 1 is 1.02 bits per heavy atom. The Bertz CT molecular complexity index is 1340. The number of urea groups is 1. The van der Waals surface area contributed by atoms with Crippen molar-refractivity contribution in [1.82, 2.24) is 9.97 Å². The first kappa shape index (κ1) is 28.6. The Morgan fingerprint density at radius 3 is 2.38 bits per heavy atom. The van der Waals surface area contributed by atoms with Gasteiger partial charge in [-0.25, -0.2) is 9.78 Å². The SMILES string of the molecule is CC(C)(C)[Si](C)(C)OC1CCC(Nc2ncc3c(n2)N(Cc2ccccc2)C(=O)N(c2ccccc2Cl)C3)CC1. The topological polar surface area (TPSA) is 70.6 Å². The number of amides is 2. The smallest absolute Gasteiger partial charge is 0.330 e. The predicted octanol–water partition coefficient (Wildman–Crippen LogP) is 8.02. The maximum Gasteiger partial charge on any atom is 0.330 e. The summed E-state index contributed by atoms with van der Waals surface area (Å²) < 4.78 is 6.68. The number of benzene rings is 2. The van der Waals surface area contributed by atoms with Crippen molar-refractivity contribution in [3.05, 3.63) is 76.9 Å². The van der Waals surface area contributed by atoms with Gasteiger partial charge in [0.25, 0.3) is 0 Å². The van der Waals surface area contributed by atoms with Crippen LogP contribution in [0, 0.1) is 0 Å². The van der Waals surface area contributed by atoms with Crippen LogP contribution < -0.4 is 15.1 Å². The molecule has 0 atom stereocenters. The highest BCUT2D eigenvalue weighted by molar-refractivity contribution is 6.74. The number of carbonyl (C=O) groups is 1. The fourth-order valence-corrected chi connectivity index (χ4v) is 6.82. The fourth-order valence-electron chi connectivity index (χ4n) is 5.16. The lowest BCUT2D eigenvalue weighted by Gasteiger charge is -2.41. The van der Waals surface area contributed by atoms with Gasteiger partial charge < -0.3 is 9.74 Å². The van der Waals surface area contributed by atoms with Crippen molar-refractivity contribution >= 4 is 43.4 Å². The summed E-state index contributed by atoms with van der Waals surface area (Å²) in [5, 5.41) is 4.30. The summed E-state index contributed by atoms with van der Waals surface area (Å²) in [6.07, 6.45) is 6.23. The minimum Gasteiger partial charge on any atom is -0.414 e. The van der Waals surface area contributed by atoms with Gasteiger partial charge in [-0.15, -0.1) is 0 Å². The molecule has 7 nitrogen and oxygen atoms in total. The van der Waals surface area contributed by atoms with Gasteiger partial charge in [-0.3, -0.25) is 9.80 Å². The van der Waals surface area contributed by atoms with Crippen molar-refractivity contribution < 1.29 is 9.22 Å². The number of carbonyl (C=O) groups excluding carboxylic acids is 1. The van der Waals surface area contributed by atoms with Gasteiger partial charge >= 0.3 is 6.03 Å². The van der Waals surface area contributed by atoms with E-state index in [0.717, 1.165) is 36.8 Å². The molecule has 1 aliphatic carbocycles. The minimum atomic E-state index is -1.78. The van der Waals surface area contributed by atoms with E-state index in [1.807, 2.05) is 54.7 Å². The van der Waals surface area contributed by atoms with Crippen molar-refractivity contribution in [2.45, 2.75) is 89.8 Å². The van der Waals surface area contributed by atoms with Crippen LogP contribution in [0.1, 0.15) is 57.6 Å². The maximum absolute atomic E-state index is 13.9. The highest BCUT2D eigenvalue weighted by Crippen LogP contribution is 2.40. The molecule has 5 rings (SSSR count). The van der Waals surface area contributed by atoms with Crippen LogP contribution in [0.4, 0.5) is 22.2 Å². The van der Waals surface area contributed by atoms with Gasteiger partial charge in [-0.2, -0.15) is 4.98 Å². The number of halogens is 1. The largest absolute Gasteiger partial charge is 0.414 e. The monoisotopic (exact) mass is 577 g/mol. The van der Waals surface area contributed by atoms with Crippen molar-refractivity contribution in [3.8, 4) is 0 Å². The van der Waals surface area contributed by atoms with Crippen molar-refractivity contribution in [2.24, 2.45) is 0 Å². The third kappa shape index (κ3) is 6.19. The van der Waals surface area contributed by atoms with Crippen LogP contribution in [-0.4, -0.2) is 36.5 Å². The second-order valence-electron chi connectivity index (χ2n) is 12.4. The van der Waals surface area contributed by atoms with Crippen LogP contribution in [0.15, 0.2) is 60.8 Å². The normalized spacial score (nSPS) is 19.9. The molecule has 2 amide bonds. The molecular weight excluding hydrogens is 538 g/mol. The van der Waals surface area contributed by atoms with E-state index in [1.54, 1.807) is 15.9 Å². The maximum atomic E-state index is 13.9. The summed E-state index contributed by atoms with van der Waals surface area (Å²) in [5.41, 5.74) is 2.58. The number of nitrogens with one attached hydrogen (secondary N) is 1.